The van der Waals surface area contributed by atoms with Crippen molar-refractivity contribution in [2.75, 3.05) is 63.1 Å². The molecule has 7 unspecified atom stereocenters. The van der Waals surface area contributed by atoms with Crippen LogP contribution in [0, 0.1) is 23.7 Å². The monoisotopic (exact) mass is 837 g/mol. The van der Waals surface area contributed by atoms with Gasteiger partial charge < -0.3 is 41.4 Å². The number of hydrogen-bond acceptors (Lipinski definition) is 12. The molecule has 16 nitrogen and oxygen atoms in total. The van der Waals surface area contributed by atoms with Gasteiger partial charge in [0.15, 0.2) is 0 Å². The number of amides is 2. The summed E-state index contributed by atoms with van der Waals surface area (Å²) in [6.45, 7) is 12.6. The number of ether oxygens (including phenoxy) is 2. The van der Waals surface area contributed by atoms with E-state index in [1.165, 1.54) is 12.7 Å². The van der Waals surface area contributed by atoms with Crippen molar-refractivity contribution >= 4 is 40.7 Å². The summed E-state index contributed by atoms with van der Waals surface area (Å²) in [4.78, 5) is 54.1. The maximum absolute atomic E-state index is 13.0. The zero-order valence-electron chi connectivity index (χ0n) is 36.0. The summed E-state index contributed by atoms with van der Waals surface area (Å²) in [5.41, 5.74) is 2.20. The Bertz CT molecular complexity index is 1990. The summed E-state index contributed by atoms with van der Waals surface area (Å²) in [6.07, 6.45) is 17.9. The third kappa shape index (κ3) is 11.8. The Kier molecular flexibility index (Phi) is 13.8. The van der Waals surface area contributed by atoms with Crippen molar-refractivity contribution in [1.82, 2.24) is 41.2 Å². The molecule has 0 aromatic carbocycles. The van der Waals surface area contributed by atoms with Gasteiger partial charge in [0.1, 0.15) is 36.0 Å². The number of rotatable bonds is 12. The molecule has 6 aliphatic rings. The van der Waals surface area contributed by atoms with Gasteiger partial charge >= 0.3 is 0 Å². The molecule has 16 heteroatoms. The second kappa shape index (κ2) is 19.6. The predicted octanol–water partition coefficient (Wildman–Crippen LogP) is 4.37. The first-order valence-corrected chi connectivity index (χ1v) is 22.5. The molecule has 0 saturated carbocycles. The minimum Gasteiger partial charge on any atom is -0.376 e. The Morgan fingerprint density at radius 3 is 2.30 bits per heavy atom. The molecule has 2 aromatic rings. The van der Waals surface area contributed by atoms with Gasteiger partial charge in [-0.3, -0.25) is 19.6 Å². The molecule has 0 aliphatic carbocycles. The molecule has 8 rings (SSSR count). The number of nitrogens with one attached hydrogen (secondary N) is 6. The highest BCUT2D eigenvalue weighted by Crippen LogP contribution is 2.36. The molecule has 6 aliphatic heterocycles. The van der Waals surface area contributed by atoms with Crippen molar-refractivity contribution in [3.05, 3.63) is 54.5 Å². The largest absolute Gasteiger partial charge is 0.376 e. The van der Waals surface area contributed by atoms with Crippen molar-refractivity contribution in [2.24, 2.45) is 33.7 Å². The van der Waals surface area contributed by atoms with Crippen LogP contribution in [0.2, 0.25) is 0 Å². The van der Waals surface area contributed by atoms with Gasteiger partial charge in [-0.2, -0.15) is 0 Å². The second-order valence-corrected chi connectivity index (χ2v) is 18.7. The van der Waals surface area contributed by atoms with Crippen molar-refractivity contribution in [1.29, 1.82) is 0 Å². The Labute approximate surface area is 359 Å². The van der Waals surface area contributed by atoms with Crippen molar-refractivity contribution in [3.63, 3.8) is 0 Å². The van der Waals surface area contributed by atoms with Gasteiger partial charge in [0, 0.05) is 69.9 Å². The zero-order valence-corrected chi connectivity index (χ0v) is 36.0. The molecule has 2 amide bonds. The van der Waals surface area contributed by atoms with Gasteiger partial charge in [-0.1, -0.05) is 6.08 Å². The summed E-state index contributed by atoms with van der Waals surface area (Å²) < 4.78 is 12.6. The Morgan fingerprint density at radius 2 is 1.54 bits per heavy atom. The van der Waals surface area contributed by atoms with Crippen LogP contribution in [0.15, 0.2) is 53.1 Å². The Morgan fingerprint density at radius 1 is 0.820 bits per heavy atom. The lowest BCUT2D eigenvalue weighted by atomic mass is 9.81. The third-order valence-electron chi connectivity index (χ3n) is 13.0. The fourth-order valence-electron chi connectivity index (χ4n) is 9.79. The smallest absolute Gasteiger partial charge is 0.229 e. The number of carbonyl (C=O) groups excluding carboxylic acids is 2. The van der Waals surface area contributed by atoms with Crippen molar-refractivity contribution in [3.8, 4) is 0 Å². The Hall–Kier alpha value is -4.64. The molecule has 328 valence electrons. The third-order valence-corrected chi connectivity index (χ3v) is 13.0. The minimum atomic E-state index is -0.364. The van der Waals surface area contributed by atoms with Gasteiger partial charge in [-0.05, 0) is 121 Å². The van der Waals surface area contributed by atoms with Crippen LogP contribution >= 0.6 is 0 Å². The second-order valence-electron chi connectivity index (χ2n) is 18.7. The van der Waals surface area contributed by atoms with E-state index in [1.807, 2.05) is 18.3 Å². The molecule has 0 spiro atoms. The Balaban J connectivity index is 0.908. The molecule has 6 N–H and O–H groups in total. The van der Waals surface area contributed by atoms with Gasteiger partial charge in [0.2, 0.25) is 11.8 Å². The molecular formula is C45H64N12O4. The number of allylic oxidation sites excluding steroid dienone is 1. The number of aliphatic imine (C=N–C) groups is 2. The molecule has 8 heterocycles. The van der Waals surface area contributed by atoms with Gasteiger partial charge in [0.05, 0.1) is 34.4 Å². The highest BCUT2D eigenvalue weighted by atomic mass is 16.5. The average molecular weight is 837 g/mol. The van der Waals surface area contributed by atoms with Crippen molar-refractivity contribution in [2.45, 2.75) is 108 Å². The van der Waals surface area contributed by atoms with Crippen LogP contribution in [0.25, 0.3) is 5.57 Å². The summed E-state index contributed by atoms with van der Waals surface area (Å²) in [7, 11) is 0. The van der Waals surface area contributed by atoms with E-state index in [1.54, 1.807) is 0 Å². The first kappa shape index (κ1) is 43.0. The number of amidine groups is 2. The van der Waals surface area contributed by atoms with E-state index in [4.69, 9.17) is 19.5 Å². The summed E-state index contributed by atoms with van der Waals surface area (Å²) >= 11 is 0. The fourth-order valence-corrected chi connectivity index (χ4v) is 9.79. The zero-order chi connectivity index (χ0) is 42.2. The van der Waals surface area contributed by atoms with Crippen LogP contribution in [-0.4, -0.2) is 113 Å². The minimum absolute atomic E-state index is 0.00168. The fraction of sp³-hybridized carbons (Fsp3) is 0.644. The summed E-state index contributed by atoms with van der Waals surface area (Å²) in [6, 6.07) is 3.83. The van der Waals surface area contributed by atoms with Crippen LogP contribution in [0.3, 0.4) is 0 Å². The van der Waals surface area contributed by atoms with Gasteiger partial charge in [-0.15, -0.1) is 0 Å². The van der Waals surface area contributed by atoms with Gasteiger partial charge in [-0.25, -0.2) is 19.9 Å². The molecule has 2 aromatic heterocycles. The first-order valence-electron chi connectivity index (χ1n) is 22.5. The molecule has 4 saturated heterocycles. The van der Waals surface area contributed by atoms with E-state index in [0.717, 1.165) is 113 Å². The molecule has 7 atom stereocenters. The first-order chi connectivity index (χ1) is 29.5. The van der Waals surface area contributed by atoms with Crippen LogP contribution in [0.1, 0.15) is 102 Å². The molecule has 61 heavy (non-hydrogen) atoms. The SMILES string of the molecule is CC1(C)CC(CN=C2C=C(c3cc(NC(=O)C4CCNC4)ncn3)CC(CC3(C)CC(CN=C4CC(c5cc(NC(=O)C6CCCNC6)ncn5)C=CN4)CCO3)N2)CCO1. The predicted molar refractivity (Wildman–Crippen MR) is 236 cm³/mol. The molecule has 0 bridgehead atoms. The molecule has 0 radical (unpaired) electrons. The van der Waals surface area contributed by atoms with Crippen molar-refractivity contribution < 1.29 is 19.1 Å². The number of piperidine rings is 1. The maximum Gasteiger partial charge on any atom is 0.229 e. The van der Waals surface area contributed by atoms with Gasteiger partial charge in [0.25, 0.3) is 0 Å². The highest BCUT2D eigenvalue weighted by molar-refractivity contribution is 6.01. The normalized spacial score (nSPS) is 31.5. The van der Waals surface area contributed by atoms with Crippen LogP contribution < -0.4 is 31.9 Å². The standard InChI is InChI=1S/C45H64N12O4/c1-44(2)20-29(8-13-60-44)23-50-39-17-34(37-19-41(54-28-52-37)57-43(59)33-6-11-47-26-33)15-35(55-39)22-45(3)21-30(9-14-61-45)24-49-38-16-31(7-12-48-38)36-18-40(53-27-51-36)56-42(58)32-5-4-10-46-25-32/h7,12,17-19,27-33,35,46-47H,4-6,8-11,13-16,20-26H2,1-3H3,(H,48,49)(H,50,55)(H,51,53,56,58)(H,52,54,57,59). The molecule has 4 fully saturated rings. The number of anilines is 2. The lowest BCUT2D eigenvalue weighted by Crippen LogP contribution is -2.47. The van der Waals surface area contributed by atoms with Crippen LogP contribution in [-0.2, 0) is 19.1 Å². The highest BCUT2D eigenvalue weighted by Gasteiger charge is 2.37. The van der Waals surface area contributed by atoms with E-state index in [2.05, 4.69) is 84.8 Å². The lowest BCUT2D eigenvalue weighted by molar-refractivity contribution is -0.120. The number of hydrogen-bond donors (Lipinski definition) is 6. The van der Waals surface area contributed by atoms with E-state index >= 15 is 0 Å². The number of aromatic nitrogens is 4. The van der Waals surface area contributed by atoms with E-state index in [-0.39, 0.29) is 46.8 Å². The maximum atomic E-state index is 13.0. The van der Waals surface area contributed by atoms with E-state index in [9.17, 15) is 9.59 Å². The quantitative estimate of drug-likeness (QED) is 0.177. The van der Waals surface area contributed by atoms with Crippen LogP contribution in [0.5, 0.6) is 0 Å². The number of nitrogens with zero attached hydrogens (tertiary/aromatic N) is 6. The molecular weight excluding hydrogens is 773 g/mol. The topological polar surface area (TPSA) is 201 Å². The summed E-state index contributed by atoms with van der Waals surface area (Å²) in [5.74, 6) is 3.54. The van der Waals surface area contributed by atoms with Crippen LogP contribution in [0.4, 0.5) is 11.6 Å². The lowest BCUT2D eigenvalue weighted by Gasteiger charge is -2.41. The van der Waals surface area contributed by atoms with E-state index in [0.29, 0.717) is 56.1 Å². The summed E-state index contributed by atoms with van der Waals surface area (Å²) in [5, 5.41) is 19.8. The number of carbonyl (C=O) groups is 2. The van der Waals surface area contributed by atoms with E-state index < -0.39 is 0 Å². The average Bonchev–Trinajstić information content (AvgIpc) is 3.81.